The SMILES string of the molecule is c1ccc(-c2ccc(-c3ccc(N(c4cccc5sc6ccccc6c45)c4ccc(-c5ccc6ccccc6c5)c5oc6ccccc6c45)cc3)cc2)cc1. The van der Waals surface area contributed by atoms with Crippen LogP contribution in [0.2, 0.25) is 0 Å². The van der Waals surface area contributed by atoms with Crippen LogP contribution in [0.1, 0.15) is 0 Å². The number of hydrogen-bond donors (Lipinski definition) is 0. The predicted octanol–water partition coefficient (Wildman–Crippen LogP) is 15.6. The number of fused-ring (bicyclic) bond motifs is 7. The molecule has 9 aromatic carbocycles. The number of hydrogen-bond acceptors (Lipinski definition) is 3. The Morgan fingerprint density at radius 1 is 0.382 bits per heavy atom. The summed E-state index contributed by atoms with van der Waals surface area (Å²) in [4.78, 5) is 2.44. The highest BCUT2D eigenvalue weighted by Gasteiger charge is 2.24. The van der Waals surface area contributed by atoms with E-state index in [9.17, 15) is 0 Å². The maximum atomic E-state index is 6.85. The van der Waals surface area contributed by atoms with Crippen molar-refractivity contribution in [3.8, 4) is 33.4 Å². The maximum absolute atomic E-state index is 6.85. The van der Waals surface area contributed by atoms with Crippen LogP contribution in [0.5, 0.6) is 0 Å². The summed E-state index contributed by atoms with van der Waals surface area (Å²) < 4.78 is 9.40. The summed E-state index contributed by atoms with van der Waals surface area (Å²) in [6.07, 6.45) is 0. The van der Waals surface area contributed by atoms with Crippen molar-refractivity contribution in [1.82, 2.24) is 0 Å². The third-order valence-electron chi connectivity index (χ3n) is 10.9. The van der Waals surface area contributed by atoms with Crippen molar-refractivity contribution < 1.29 is 4.42 Å². The highest BCUT2D eigenvalue weighted by Crippen LogP contribution is 2.50. The van der Waals surface area contributed by atoms with Crippen LogP contribution in [-0.2, 0) is 0 Å². The van der Waals surface area contributed by atoms with Gasteiger partial charge in [-0.05, 0) is 93.2 Å². The van der Waals surface area contributed by atoms with Gasteiger partial charge in [-0.3, -0.25) is 0 Å². The first-order valence-corrected chi connectivity index (χ1v) is 19.5. The average Bonchev–Trinajstić information content (AvgIpc) is 3.84. The van der Waals surface area contributed by atoms with Gasteiger partial charge in [0, 0.05) is 36.8 Å². The number of para-hydroxylation sites is 1. The molecule has 0 saturated heterocycles. The molecule has 2 heterocycles. The Morgan fingerprint density at radius 3 is 1.78 bits per heavy atom. The van der Waals surface area contributed by atoms with Crippen molar-refractivity contribution in [3.05, 3.63) is 200 Å². The van der Waals surface area contributed by atoms with Gasteiger partial charge in [0.2, 0.25) is 0 Å². The molecule has 0 fully saturated rings. The van der Waals surface area contributed by atoms with Crippen molar-refractivity contribution in [1.29, 1.82) is 0 Å². The van der Waals surface area contributed by atoms with Crippen molar-refractivity contribution in [2.45, 2.75) is 0 Å². The predicted molar refractivity (Wildman–Crippen MR) is 235 cm³/mol. The number of anilines is 3. The molecule has 0 bridgehead atoms. The molecule has 0 aliphatic heterocycles. The highest BCUT2D eigenvalue weighted by atomic mass is 32.1. The van der Waals surface area contributed by atoms with Gasteiger partial charge in [-0.15, -0.1) is 11.3 Å². The van der Waals surface area contributed by atoms with E-state index in [1.807, 2.05) is 11.3 Å². The molecule has 2 nitrogen and oxygen atoms in total. The van der Waals surface area contributed by atoms with Crippen LogP contribution in [0, 0.1) is 0 Å². The highest BCUT2D eigenvalue weighted by molar-refractivity contribution is 7.26. The van der Waals surface area contributed by atoms with E-state index >= 15 is 0 Å². The number of nitrogens with zero attached hydrogens (tertiary/aromatic N) is 1. The lowest BCUT2D eigenvalue weighted by atomic mass is 9.97. The normalized spacial score (nSPS) is 11.6. The summed E-state index contributed by atoms with van der Waals surface area (Å²) in [7, 11) is 0. The Balaban J connectivity index is 1.13. The molecule has 11 aromatic rings. The summed E-state index contributed by atoms with van der Waals surface area (Å²) in [6.45, 7) is 0. The minimum Gasteiger partial charge on any atom is -0.455 e. The van der Waals surface area contributed by atoms with E-state index in [4.69, 9.17) is 4.42 Å². The molecule has 0 radical (unpaired) electrons. The van der Waals surface area contributed by atoms with Crippen molar-refractivity contribution >= 4 is 81.3 Å². The second-order valence-electron chi connectivity index (χ2n) is 14.1. The topological polar surface area (TPSA) is 16.4 Å². The van der Waals surface area contributed by atoms with Crippen LogP contribution >= 0.6 is 11.3 Å². The quantitative estimate of drug-likeness (QED) is 0.170. The molecular weight excluding hydrogens is 687 g/mol. The summed E-state index contributed by atoms with van der Waals surface area (Å²) in [5, 5.41) is 7.14. The lowest BCUT2D eigenvalue weighted by Gasteiger charge is -2.28. The van der Waals surface area contributed by atoms with E-state index in [0.29, 0.717) is 0 Å². The Labute approximate surface area is 322 Å². The molecule has 0 unspecified atom stereocenters. The van der Waals surface area contributed by atoms with Gasteiger partial charge in [0.25, 0.3) is 0 Å². The molecule has 0 spiro atoms. The zero-order valence-electron chi connectivity index (χ0n) is 29.8. The van der Waals surface area contributed by atoms with E-state index < -0.39 is 0 Å². The first-order valence-electron chi connectivity index (χ1n) is 18.7. The Bertz CT molecular complexity index is 3190. The molecule has 0 N–H and O–H groups in total. The van der Waals surface area contributed by atoms with E-state index in [1.54, 1.807) is 0 Å². The number of rotatable bonds is 6. The molecule has 258 valence electrons. The van der Waals surface area contributed by atoms with Crippen molar-refractivity contribution in [2.75, 3.05) is 4.90 Å². The van der Waals surface area contributed by atoms with E-state index in [2.05, 4.69) is 205 Å². The van der Waals surface area contributed by atoms with Crippen molar-refractivity contribution in [2.24, 2.45) is 0 Å². The molecule has 55 heavy (non-hydrogen) atoms. The van der Waals surface area contributed by atoms with Crippen LogP contribution in [0.25, 0.3) is 86.3 Å². The van der Waals surface area contributed by atoms with Gasteiger partial charge in [0.05, 0.1) is 16.8 Å². The van der Waals surface area contributed by atoms with Crippen LogP contribution in [-0.4, -0.2) is 0 Å². The first-order chi connectivity index (χ1) is 27.3. The molecule has 11 rings (SSSR count). The molecule has 0 aliphatic carbocycles. The number of furan rings is 1. The molecule has 2 aromatic heterocycles. The smallest absolute Gasteiger partial charge is 0.145 e. The first kappa shape index (κ1) is 31.6. The second kappa shape index (κ2) is 12.9. The lowest BCUT2D eigenvalue weighted by molar-refractivity contribution is 0.670. The van der Waals surface area contributed by atoms with Crippen LogP contribution in [0.4, 0.5) is 17.1 Å². The fourth-order valence-corrected chi connectivity index (χ4v) is 9.35. The second-order valence-corrected chi connectivity index (χ2v) is 15.2. The van der Waals surface area contributed by atoms with Gasteiger partial charge in [-0.1, -0.05) is 146 Å². The summed E-state index contributed by atoms with van der Waals surface area (Å²) in [5.74, 6) is 0. The van der Waals surface area contributed by atoms with E-state index in [1.165, 1.54) is 53.2 Å². The molecule has 0 atom stereocenters. The van der Waals surface area contributed by atoms with Crippen LogP contribution in [0.3, 0.4) is 0 Å². The minimum atomic E-state index is 0.875. The van der Waals surface area contributed by atoms with E-state index in [0.717, 1.165) is 50.1 Å². The molecular formula is C52H33NOS. The third-order valence-corrected chi connectivity index (χ3v) is 12.0. The van der Waals surface area contributed by atoms with Gasteiger partial charge >= 0.3 is 0 Å². The molecule has 0 amide bonds. The van der Waals surface area contributed by atoms with Gasteiger partial charge in [-0.2, -0.15) is 0 Å². The summed E-state index contributed by atoms with van der Waals surface area (Å²) >= 11 is 1.85. The van der Waals surface area contributed by atoms with Gasteiger partial charge < -0.3 is 9.32 Å². The summed E-state index contributed by atoms with van der Waals surface area (Å²) in [6, 6.07) is 72.1. The fourth-order valence-electron chi connectivity index (χ4n) is 8.22. The average molecular weight is 720 g/mol. The monoisotopic (exact) mass is 719 g/mol. The van der Waals surface area contributed by atoms with Crippen LogP contribution < -0.4 is 4.90 Å². The Morgan fingerprint density at radius 2 is 0.982 bits per heavy atom. The number of thiophene rings is 1. The minimum absolute atomic E-state index is 0.875. The van der Waals surface area contributed by atoms with E-state index in [-0.39, 0.29) is 0 Å². The zero-order valence-corrected chi connectivity index (χ0v) is 30.6. The largest absolute Gasteiger partial charge is 0.455 e. The Kier molecular flexibility index (Phi) is 7.39. The van der Waals surface area contributed by atoms with Gasteiger partial charge in [0.1, 0.15) is 11.2 Å². The van der Waals surface area contributed by atoms with Crippen LogP contribution in [0.15, 0.2) is 205 Å². The van der Waals surface area contributed by atoms with Gasteiger partial charge in [0.15, 0.2) is 0 Å². The third kappa shape index (κ3) is 5.32. The molecule has 3 heteroatoms. The van der Waals surface area contributed by atoms with Crippen molar-refractivity contribution in [3.63, 3.8) is 0 Å². The maximum Gasteiger partial charge on any atom is 0.145 e. The lowest BCUT2D eigenvalue weighted by Crippen LogP contribution is -2.11. The fraction of sp³-hybridized carbons (Fsp3) is 0. The molecule has 0 saturated carbocycles. The standard InChI is InChI=1S/C52H33NOS/c1-2-11-34(12-3-1)36-21-23-37(24-22-36)38-27-29-41(30-28-38)53(45-17-10-20-49-50(45)44-16-7-9-19-48(44)55-49)46-32-31-42(40-26-25-35-13-4-5-14-39(35)33-40)52-51(46)43-15-6-8-18-47(43)54-52/h1-33H. The Hall–Kier alpha value is -6.94. The number of benzene rings is 9. The van der Waals surface area contributed by atoms with Gasteiger partial charge in [-0.25, -0.2) is 0 Å². The molecule has 0 aliphatic rings. The summed E-state index contributed by atoms with van der Waals surface area (Å²) in [5.41, 5.74) is 12.1. The zero-order chi connectivity index (χ0) is 36.3.